The first-order valence-corrected chi connectivity index (χ1v) is 10.1. The SMILES string of the molecule is N#Cc1ccc(OCC#Cc2ccccc2C#CCOc2ccc(C#N)cc2[N+](=O)[O-])c([N+](=O)[O-])c1. The summed E-state index contributed by atoms with van der Waals surface area (Å²) < 4.78 is 10.8. The minimum absolute atomic E-state index is 0.00424. The minimum atomic E-state index is -0.636. The third kappa shape index (κ3) is 6.36. The Morgan fingerprint density at radius 3 is 1.47 bits per heavy atom. The third-order valence-corrected chi connectivity index (χ3v) is 4.54. The molecule has 3 aromatic rings. The Morgan fingerprint density at radius 1 is 0.694 bits per heavy atom. The quantitative estimate of drug-likeness (QED) is 0.291. The highest BCUT2D eigenvalue weighted by Gasteiger charge is 2.16. The first-order valence-electron chi connectivity index (χ1n) is 10.1. The van der Waals surface area contributed by atoms with Gasteiger partial charge in [-0.25, -0.2) is 0 Å². The van der Waals surface area contributed by atoms with E-state index < -0.39 is 9.85 Å². The van der Waals surface area contributed by atoms with E-state index in [1.54, 1.807) is 24.3 Å². The molecule has 0 bridgehead atoms. The maximum absolute atomic E-state index is 11.2. The Bertz CT molecular complexity index is 1430. The number of nitrogens with zero attached hydrogens (tertiary/aromatic N) is 4. The van der Waals surface area contributed by atoms with Gasteiger partial charge in [0, 0.05) is 23.3 Å². The van der Waals surface area contributed by atoms with Gasteiger partial charge in [0.2, 0.25) is 0 Å². The molecule has 0 aliphatic rings. The zero-order valence-electron chi connectivity index (χ0n) is 18.4. The highest BCUT2D eigenvalue weighted by atomic mass is 16.6. The van der Waals surface area contributed by atoms with Gasteiger partial charge >= 0.3 is 11.4 Å². The predicted molar refractivity (Wildman–Crippen MR) is 127 cm³/mol. The Kier molecular flexibility index (Phi) is 8.17. The summed E-state index contributed by atoms with van der Waals surface area (Å²) in [6.45, 7) is -0.278. The molecule has 0 aliphatic heterocycles. The zero-order valence-corrected chi connectivity index (χ0v) is 18.4. The Hall–Kier alpha value is -5.84. The molecule has 174 valence electrons. The molecule has 3 aromatic carbocycles. The average Bonchev–Trinajstić information content (AvgIpc) is 2.89. The van der Waals surface area contributed by atoms with Crippen LogP contribution in [0, 0.1) is 66.6 Å². The fourth-order valence-electron chi connectivity index (χ4n) is 2.89. The summed E-state index contributed by atoms with van der Waals surface area (Å²) in [7, 11) is 0. The summed E-state index contributed by atoms with van der Waals surface area (Å²) in [5.41, 5.74) is 0.782. The van der Waals surface area contributed by atoms with E-state index >= 15 is 0 Å². The van der Waals surface area contributed by atoms with Crippen molar-refractivity contribution in [2.75, 3.05) is 13.2 Å². The van der Waals surface area contributed by atoms with Crippen molar-refractivity contribution in [1.82, 2.24) is 0 Å². The molecule has 0 saturated heterocycles. The summed E-state index contributed by atoms with van der Waals surface area (Å²) in [6, 6.07) is 18.4. The second kappa shape index (κ2) is 11.9. The molecule has 0 aliphatic carbocycles. The summed E-state index contributed by atoms with van der Waals surface area (Å²) in [5, 5.41) is 40.2. The van der Waals surface area contributed by atoms with Crippen LogP contribution in [0.3, 0.4) is 0 Å². The van der Waals surface area contributed by atoms with Crippen molar-refractivity contribution in [1.29, 1.82) is 10.5 Å². The molecule has 0 saturated carbocycles. The number of hydrogen-bond donors (Lipinski definition) is 0. The molecule has 0 amide bonds. The maximum Gasteiger partial charge on any atom is 0.312 e. The second-order valence-electron chi connectivity index (χ2n) is 6.83. The van der Waals surface area contributed by atoms with Crippen LogP contribution in [0.2, 0.25) is 0 Å². The lowest BCUT2D eigenvalue weighted by molar-refractivity contribution is -0.386. The highest BCUT2D eigenvalue weighted by molar-refractivity contribution is 5.53. The number of benzene rings is 3. The molecule has 10 nitrogen and oxygen atoms in total. The van der Waals surface area contributed by atoms with Crippen LogP contribution < -0.4 is 9.47 Å². The number of nitro groups is 2. The summed E-state index contributed by atoms with van der Waals surface area (Å²) in [5.74, 6) is 11.3. The molecule has 0 spiro atoms. The van der Waals surface area contributed by atoms with Crippen LogP contribution >= 0.6 is 0 Å². The third-order valence-electron chi connectivity index (χ3n) is 4.54. The molecule has 3 rings (SSSR count). The molecular weight excluding hydrogens is 464 g/mol. The molecule has 0 atom stereocenters. The maximum atomic E-state index is 11.2. The fourth-order valence-corrected chi connectivity index (χ4v) is 2.89. The lowest BCUT2D eigenvalue weighted by Gasteiger charge is -2.03. The van der Waals surface area contributed by atoms with Gasteiger partial charge in [-0.3, -0.25) is 20.2 Å². The Labute approximate surface area is 205 Å². The lowest BCUT2D eigenvalue weighted by atomic mass is 10.1. The van der Waals surface area contributed by atoms with Crippen molar-refractivity contribution in [3.63, 3.8) is 0 Å². The van der Waals surface area contributed by atoms with Gasteiger partial charge in [-0.1, -0.05) is 35.8 Å². The minimum Gasteiger partial charge on any atom is -0.474 e. The van der Waals surface area contributed by atoms with Crippen LogP contribution in [-0.2, 0) is 0 Å². The highest BCUT2D eigenvalue weighted by Crippen LogP contribution is 2.28. The van der Waals surface area contributed by atoms with Crippen molar-refractivity contribution in [2.45, 2.75) is 0 Å². The van der Waals surface area contributed by atoms with Gasteiger partial charge in [-0.05, 0) is 36.4 Å². The lowest BCUT2D eigenvalue weighted by Crippen LogP contribution is -1.99. The molecule has 36 heavy (non-hydrogen) atoms. The van der Waals surface area contributed by atoms with E-state index in [0.29, 0.717) is 11.1 Å². The Balaban J connectivity index is 1.68. The number of hydrogen-bond acceptors (Lipinski definition) is 8. The molecule has 10 heteroatoms. The van der Waals surface area contributed by atoms with Gasteiger partial charge in [-0.2, -0.15) is 10.5 Å². The number of nitriles is 2. The van der Waals surface area contributed by atoms with Gasteiger partial charge in [0.05, 0.1) is 33.1 Å². The van der Waals surface area contributed by atoms with Crippen molar-refractivity contribution < 1.29 is 19.3 Å². The molecule has 0 radical (unpaired) electrons. The van der Waals surface area contributed by atoms with Crippen LogP contribution in [0.15, 0.2) is 60.7 Å². The van der Waals surface area contributed by atoms with E-state index in [9.17, 15) is 20.2 Å². The Morgan fingerprint density at radius 2 is 1.11 bits per heavy atom. The van der Waals surface area contributed by atoms with Crippen molar-refractivity contribution >= 4 is 11.4 Å². The number of ether oxygens (including phenoxy) is 2. The standard InChI is InChI=1S/C26H14N4O6/c27-17-19-9-11-25(23(15-19)29(31)32)35-13-3-7-21-5-1-2-6-22(21)8-4-14-36-26-12-10-20(18-28)16-24(26)30(33)34/h1-2,5-6,9-12,15-16H,13-14H2. The van der Waals surface area contributed by atoms with Crippen molar-refractivity contribution in [3.8, 4) is 47.3 Å². The molecule has 0 fully saturated rings. The van der Waals surface area contributed by atoms with E-state index in [-0.39, 0.29) is 47.2 Å². The van der Waals surface area contributed by atoms with Crippen LogP contribution in [0.1, 0.15) is 22.3 Å². The van der Waals surface area contributed by atoms with E-state index in [0.717, 1.165) is 12.1 Å². The van der Waals surface area contributed by atoms with Gasteiger partial charge in [0.1, 0.15) is 13.2 Å². The molecule has 0 aromatic heterocycles. The van der Waals surface area contributed by atoms with Crippen LogP contribution in [0.25, 0.3) is 0 Å². The van der Waals surface area contributed by atoms with Gasteiger partial charge in [0.25, 0.3) is 0 Å². The van der Waals surface area contributed by atoms with Gasteiger partial charge < -0.3 is 9.47 Å². The van der Waals surface area contributed by atoms with Crippen LogP contribution in [0.5, 0.6) is 11.5 Å². The monoisotopic (exact) mass is 478 g/mol. The predicted octanol–water partition coefficient (Wildman–Crippen LogP) is 4.11. The normalized spacial score (nSPS) is 9.28. The molecule has 0 unspecified atom stereocenters. The molecular formula is C26H14N4O6. The van der Waals surface area contributed by atoms with E-state index in [1.165, 1.54) is 24.3 Å². The number of rotatable bonds is 6. The zero-order chi connectivity index (χ0) is 25.9. The van der Waals surface area contributed by atoms with E-state index in [1.807, 2.05) is 12.1 Å². The van der Waals surface area contributed by atoms with Gasteiger partial charge in [0.15, 0.2) is 11.5 Å². The molecule has 0 N–H and O–H groups in total. The van der Waals surface area contributed by atoms with E-state index in [2.05, 4.69) is 23.7 Å². The summed E-state index contributed by atoms with van der Waals surface area (Å²) in [4.78, 5) is 21.1. The molecule has 0 heterocycles. The van der Waals surface area contributed by atoms with Crippen LogP contribution in [-0.4, -0.2) is 23.1 Å². The first kappa shape index (κ1) is 24.8. The summed E-state index contributed by atoms with van der Waals surface area (Å²) in [6.07, 6.45) is 0. The van der Waals surface area contributed by atoms with E-state index in [4.69, 9.17) is 20.0 Å². The smallest absolute Gasteiger partial charge is 0.312 e. The topological polar surface area (TPSA) is 152 Å². The summed E-state index contributed by atoms with van der Waals surface area (Å²) >= 11 is 0. The van der Waals surface area contributed by atoms with Crippen molar-refractivity contribution in [3.05, 3.63) is 103 Å². The largest absolute Gasteiger partial charge is 0.474 e. The fraction of sp³-hybridized carbons (Fsp3) is 0.0769. The number of nitro benzene ring substituents is 2. The van der Waals surface area contributed by atoms with Crippen molar-refractivity contribution in [2.24, 2.45) is 0 Å². The first-order chi connectivity index (χ1) is 17.4. The van der Waals surface area contributed by atoms with Crippen LogP contribution in [0.4, 0.5) is 11.4 Å². The van der Waals surface area contributed by atoms with Gasteiger partial charge in [-0.15, -0.1) is 0 Å². The average molecular weight is 478 g/mol. The second-order valence-corrected chi connectivity index (χ2v) is 6.83.